The molecule has 2 heterocycles. The maximum atomic E-state index is 12.9. The van der Waals surface area contributed by atoms with Crippen LogP contribution < -0.4 is 15.8 Å². The van der Waals surface area contributed by atoms with Crippen molar-refractivity contribution in [1.29, 1.82) is 0 Å². The molecule has 10 heteroatoms. The van der Waals surface area contributed by atoms with E-state index >= 15 is 0 Å². The molecule has 2 aromatic carbocycles. The molecule has 4 rings (SSSR count). The highest BCUT2D eigenvalue weighted by Crippen LogP contribution is 2.21. The maximum Gasteiger partial charge on any atom is 0.337 e. The first-order valence-electron chi connectivity index (χ1n) is 12.4. The van der Waals surface area contributed by atoms with Crippen LogP contribution >= 0.6 is 12.2 Å². The van der Waals surface area contributed by atoms with Crippen LogP contribution in [0, 0.1) is 11.7 Å². The largest absolute Gasteiger partial charge is 0.465 e. The quantitative estimate of drug-likeness (QED) is 0.266. The normalized spacial score (nSPS) is 16.1. The molecule has 0 spiro atoms. The molecule has 1 saturated heterocycles. The fraction of sp³-hybridized carbons (Fsp3) is 0.407. The third-order valence-corrected chi connectivity index (χ3v) is 7.05. The zero-order valence-corrected chi connectivity index (χ0v) is 22.3. The van der Waals surface area contributed by atoms with Gasteiger partial charge in [-0.3, -0.25) is 19.1 Å². The van der Waals surface area contributed by atoms with E-state index in [-0.39, 0.29) is 22.8 Å². The van der Waals surface area contributed by atoms with Gasteiger partial charge in [-0.1, -0.05) is 12.1 Å². The van der Waals surface area contributed by atoms with E-state index in [9.17, 15) is 14.4 Å². The number of aromatic amines is 1. The molecule has 0 saturated carbocycles. The fourth-order valence-electron chi connectivity index (χ4n) is 4.80. The zero-order valence-electron chi connectivity index (χ0n) is 21.5. The predicted octanol–water partition coefficient (Wildman–Crippen LogP) is 2.87. The number of benzene rings is 2. The van der Waals surface area contributed by atoms with Crippen LogP contribution in [0.4, 0.5) is 5.69 Å². The number of nitrogens with zero attached hydrogens (tertiary/aromatic N) is 3. The lowest BCUT2D eigenvalue weighted by Crippen LogP contribution is -2.52. The minimum absolute atomic E-state index is 0.120. The van der Waals surface area contributed by atoms with Crippen LogP contribution in [0.5, 0.6) is 0 Å². The molecule has 0 aliphatic carbocycles. The van der Waals surface area contributed by atoms with E-state index in [0.29, 0.717) is 29.1 Å². The van der Waals surface area contributed by atoms with E-state index in [2.05, 4.69) is 58.2 Å². The molecule has 3 aromatic rings. The number of nitrogens with one attached hydrogen (secondary N) is 2. The molecular weight excluding hydrogens is 490 g/mol. The molecule has 1 fully saturated rings. The number of anilines is 1. The van der Waals surface area contributed by atoms with Crippen molar-refractivity contribution in [3.63, 3.8) is 0 Å². The molecular formula is C27H33N5O4S. The number of amides is 1. The number of aryl methyl sites for hydroxylation is 1. The van der Waals surface area contributed by atoms with E-state index < -0.39 is 5.97 Å². The van der Waals surface area contributed by atoms with Crippen molar-refractivity contribution in [1.82, 2.24) is 19.8 Å². The van der Waals surface area contributed by atoms with Crippen molar-refractivity contribution in [3.8, 4) is 0 Å². The topological polar surface area (TPSA) is 99.7 Å². The molecule has 0 unspecified atom stereocenters. The Bertz CT molecular complexity index is 1420. The van der Waals surface area contributed by atoms with Gasteiger partial charge < -0.3 is 19.9 Å². The van der Waals surface area contributed by atoms with Gasteiger partial charge in [0.25, 0.3) is 5.56 Å². The lowest BCUT2D eigenvalue weighted by atomic mass is 10.1. The predicted molar refractivity (Wildman–Crippen MR) is 147 cm³/mol. The van der Waals surface area contributed by atoms with E-state index in [1.165, 1.54) is 41.1 Å². The van der Waals surface area contributed by atoms with Gasteiger partial charge in [0.05, 0.1) is 23.6 Å². The number of piperazine rings is 1. The first-order valence-corrected chi connectivity index (χ1v) is 12.8. The van der Waals surface area contributed by atoms with Crippen molar-refractivity contribution in [3.05, 3.63) is 68.7 Å². The molecule has 9 nitrogen and oxygen atoms in total. The molecule has 2 N–H and O–H groups in total. The maximum absolute atomic E-state index is 12.9. The zero-order chi connectivity index (χ0) is 26.5. The van der Waals surface area contributed by atoms with Crippen LogP contribution in [0.1, 0.15) is 29.3 Å². The highest BCUT2D eigenvalue weighted by molar-refractivity contribution is 7.71. The van der Waals surface area contributed by atoms with Crippen molar-refractivity contribution < 1.29 is 14.3 Å². The lowest BCUT2D eigenvalue weighted by molar-refractivity contribution is -0.121. The average molecular weight is 524 g/mol. The van der Waals surface area contributed by atoms with Gasteiger partial charge in [-0.15, -0.1) is 0 Å². The Morgan fingerprint density at radius 1 is 1.19 bits per heavy atom. The SMILES string of the molecule is COC(=O)c1ccc2c(=O)n(CC(=O)NCCCN3CCN(c4cccc(C)c4)[C@@H](C)C3)c(=S)[nH]c2c1. The second-order valence-corrected chi connectivity index (χ2v) is 9.85. The Morgan fingerprint density at radius 3 is 2.73 bits per heavy atom. The Morgan fingerprint density at radius 2 is 2.00 bits per heavy atom. The van der Waals surface area contributed by atoms with Crippen LogP contribution in [-0.2, 0) is 16.1 Å². The Kier molecular flexibility index (Phi) is 8.40. The van der Waals surface area contributed by atoms with E-state index in [0.717, 1.165) is 32.6 Å². The summed E-state index contributed by atoms with van der Waals surface area (Å²) in [4.78, 5) is 45.0. The van der Waals surface area contributed by atoms with Crippen LogP contribution in [-0.4, -0.2) is 72.2 Å². The van der Waals surface area contributed by atoms with Crippen molar-refractivity contribution in [2.24, 2.45) is 0 Å². The van der Waals surface area contributed by atoms with Gasteiger partial charge in [-0.05, 0) is 74.9 Å². The Hall–Kier alpha value is -3.50. The fourth-order valence-corrected chi connectivity index (χ4v) is 5.06. The third kappa shape index (κ3) is 6.26. The number of H-pyrrole nitrogens is 1. The molecule has 1 amide bonds. The molecule has 37 heavy (non-hydrogen) atoms. The minimum atomic E-state index is -0.507. The Labute approximate surface area is 221 Å². The van der Waals surface area contributed by atoms with E-state index in [1.807, 2.05) is 0 Å². The van der Waals surface area contributed by atoms with Crippen molar-refractivity contribution in [2.45, 2.75) is 32.9 Å². The summed E-state index contributed by atoms with van der Waals surface area (Å²) in [5.41, 5.74) is 2.88. The molecule has 1 aliphatic heterocycles. The van der Waals surface area contributed by atoms with Gasteiger partial charge in [0, 0.05) is 37.9 Å². The molecule has 1 aromatic heterocycles. The van der Waals surface area contributed by atoms with Crippen LogP contribution in [0.3, 0.4) is 0 Å². The van der Waals surface area contributed by atoms with Gasteiger partial charge in [0.2, 0.25) is 5.91 Å². The van der Waals surface area contributed by atoms with E-state index in [4.69, 9.17) is 17.0 Å². The van der Waals surface area contributed by atoms with Gasteiger partial charge in [0.1, 0.15) is 6.54 Å². The number of hydrogen-bond donors (Lipinski definition) is 2. The average Bonchev–Trinajstić information content (AvgIpc) is 2.88. The highest BCUT2D eigenvalue weighted by atomic mass is 32.1. The van der Waals surface area contributed by atoms with Gasteiger partial charge >= 0.3 is 5.97 Å². The van der Waals surface area contributed by atoms with Crippen LogP contribution in [0.15, 0.2) is 47.3 Å². The number of carbonyl (C=O) groups excluding carboxylic acids is 2. The van der Waals surface area contributed by atoms with Crippen LogP contribution in [0.2, 0.25) is 0 Å². The molecule has 0 bridgehead atoms. The number of esters is 1. The first kappa shape index (κ1) is 26.6. The van der Waals surface area contributed by atoms with Crippen molar-refractivity contribution >= 4 is 40.7 Å². The smallest absolute Gasteiger partial charge is 0.337 e. The minimum Gasteiger partial charge on any atom is -0.465 e. The number of carbonyl (C=O) groups is 2. The summed E-state index contributed by atoms with van der Waals surface area (Å²) in [6.45, 7) is 8.53. The summed E-state index contributed by atoms with van der Waals surface area (Å²) in [7, 11) is 1.29. The van der Waals surface area contributed by atoms with Gasteiger partial charge in [-0.25, -0.2) is 4.79 Å². The highest BCUT2D eigenvalue weighted by Gasteiger charge is 2.23. The number of rotatable bonds is 8. The summed E-state index contributed by atoms with van der Waals surface area (Å²) in [5.74, 6) is -0.780. The van der Waals surface area contributed by atoms with Crippen molar-refractivity contribution in [2.75, 3.05) is 44.7 Å². The summed E-state index contributed by atoms with van der Waals surface area (Å²) >= 11 is 5.31. The molecule has 1 aliphatic rings. The third-order valence-electron chi connectivity index (χ3n) is 6.72. The second kappa shape index (κ2) is 11.7. The summed E-state index contributed by atoms with van der Waals surface area (Å²) in [5, 5.41) is 3.24. The first-order chi connectivity index (χ1) is 17.8. The Balaban J connectivity index is 1.27. The van der Waals surface area contributed by atoms with Crippen LogP contribution in [0.25, 0.3) is 10.9 Å². The number of ether oxygens (including phenoxy) is 1. The molecule has 196 valence electrons. The lowest BCUT2D eigenvalue weighted by Gasteiger charge is -2.41. The number of methoxy groups -OCH3 is 1. The summed E-state index contributed by atoms with van der Waals surface area (Å²) in [6, 6.07) is 13.6. The van der Waals surface area contributed by atoms with E-state index in [1.54, 1.807) is 0 Å². The van der Waals surface area contributed by atoms with Gasteiger partial charge in [0.15, 0.2) is 4.77 Å². The second-order valence-electron chi connectivity index (χ2n) is 9.46. The summed E-state index contributed by atoms with van der Waals surface area (Å²) < 4.78 is 6.07. The standard InChI is InChI=1S/C27H33N5O4S/c1-18-6-4-7-21(14-18)31-13-12-30(16-19(31)2)11-5-10-28-24(33)17-32-25(34)22-9-8-20(26(35)36-3)15-23(22)29-27(32)37/h4,6-9,14-15,19H,5,10-13,16-17H2,1-3H3,(H,28,33)(H,29,37)/t19-/m0/s1. The van der Waals surface area contributed by atoms with Gasteiger partial charge in [-0.2, -0.15) is 0 Å². The molecule has 0 radical (unpaired) electrons. The summed E-state index contributed by atoms with van der Waals surface area (Å²) in [6.07, 6.45) is 0.818. The number of aromatic nitrogens is 2. The molecule has 1 atom stereocenters. The number of fused-ring (bicyclic) bond motifs is 1. The monoisotopic (exact) mass is 523 g/mol. The number of hydrogen-bond acceptors (Lipinski definition) is 7.